The maximum atomic E-state index is 12.2. The zero-order valence-corrected chi connectivity index (χ0v) is 16.8. The van der Waals surface area contributed by atoms with E-state index < -0.39 is 0 Å². The molecule has 2 heterocycles. The molecule has 0 radical (unpaired) electrons. The van der Waals surface area contributed by atoms with Crippen LogP contribution in [0.5, 0.6) is 0 Å². The number of benzene rings is 2. The van der Waals surface area contributed by atoms with Crippen LogP contribution in [0.15, 0.2) is 53.9 Å². The summed E-state index contributed by atoms with van der Waals surface area (Å²) in [6, 6.07) is 16.5. The monoisotopic (exact) mass is 395 g/mol. The molecule has 4 nitrogen and oxygen atoms in total. The van der Waals surface area contributed by atoms with Crippen molar-refractivity contribution in [1.29, 1.82) is 0 Å². The number of carbonyl (C=O) groups excluding carboxylic acids is 1. The summed E-state index contributed by atoms with van der Waals surface area (Å²) in [5.41, 5.74) is 2.31. The molecule has 0 aliphatic carbocycles. The van der Waals surface area contributed by atoms with E-state index in [4.69, 9.17) is 0 Å². The first-order valence-corrected chi connectivity index (χ1v) is 10.6. The molecule has 2 aromatic heterocycles. The lowest BCUT2D eigenvalue weighted by molar-refractivity contribution is -0.122. The standard InChI is InChI=1S/C21H21N3OS2/c1-24(12-15-14-26-18-8-4-2-6-16(15)18)13-20(25)22-11-10-21-23-17-7-3-5-9-19(17)27-21/h2-9,14H,10-13H2,1H3,(H,22,25). The van der Waals surface area contributed by atoms with Gasteiger partial charge in [-0.15, -0.1) is 22.7 Å². The molecule has 0 saturated heterocycles. The molecule has 1 amide bonds. The Hall–Kier alpha value is -2.28. The summed E-state index contributed by atoms with van der Waals surface area (Å²) < 4.78 is 2.49. The highest BCUT2D eigenvalue weighted by atomic mass is 32.1. The molecule has 6 heteroatoms. The normalized spacial score (nSPS) is 11.5. The van der Waals surface area contributed by atoms with E-state index in [1.807, 2.05) is 25.2 Å². The molecule has 0 atom stereocenters. The van der Waals surface area contributed by atoms with Crippen LogP contribution in [0.25, 0.3) is 20.3 Å². The fourth-order valence-electron chi connectivity index (χ4n) is 3.14. The summed E-state index contributed by atoms with van der Waals surface area (Å²) in [6.07, 6.45) is 0.768. The van der Waals surface area contributed by atoms with Crippen LogP contribution in [0, 0.1) is 0 Å². The van der Waals surface area contributed by atoms with E-state index in [9.17, 15) is 4.79 Å². The molecule has 2 aromatic carbocycles. The van der Waals surface area contributed by atoms with Crippen molar-refractivity contribution >= 4 is 48.9 Å². The highest BCUT2D eigenvalue weighted by Gasteiger charge is 2.10. The van der Waals surface area contributed by atoms with Crippen LogP contribution >= 0.6 is 22.7 Å². The van der Waals surface area contributed by atoms with Gasteiger partial charge < -0.3 is 5.32 Å². The van der Waals surface area contributed by atoms with Crippen molar-refractivity contribution in [1.82, 2.24) is 15.2 Å². The molecule has 138 valence electrons. The Labute approximate surface area is 166 Å². The number of nitrogens with zero attached hydrogens (tertiary/aromatic N) is 2. The first kappa shape index (κ1) is 18.1. The van der Waals surface area contributed by atoms with Crippen molar-refractivity contribution in [2.45, 2.75) is 13.0 Å². The van der Waals surface area contributed by atoms with Gasteiger partial charge in [-0.05, 0) is 41.6 Å². The number of fused-ring (bicyclic) bond motifs is 2. The smallest absolute Gasteiger partial charge is 0.234 e. The van der Waals surface area contributed by atoms with E-state index in [-0.39, 0.29) is 5.91 Å². The molecule has 0 aliphatic rings. The number of carbonyl (C=O) groups is 1. The quantitative estimate of drug-likeness (QED) is 0.507. The van der Waals surface area contributed by atoms with Gasteiger partial charge in [0.15, 0.2) is 0 Å². The Morgan fingerprint density at radius 3 is 2.74 bits per heavy atom. The van der Waals surface area contributed by atoms with Crippen molar-refractivity contribution in [2.75, 3.05) is 20.1 Å². The molecule has 0 bridgehead atoms. The van der Waals surface area contributed by atoms with Gasteiger partial charge in [-0.1, -0.05) is 30.3 Å². The number of hydrogen-bond acceptors (Lipinski definition) is 5. The summed E-state index contributed by atoms with van der Waals surface area (Å²) in [6.45, 7) is 1.78. The van der Waals surface area contributed by atoms with Crippen LogP contribution in [0.2, 0.25) is 0 Å². The molecular formula is C21H21N3OS2. The Balaban J connectivity index is 1.26. The number of amides is 1. The zero-order valence-electron chi connectivity index (χ0n) is 15.1. The minimum Gasteiger partial charge on any atom is -0.355 e. The Bertz CT molecular complexity index is 1040. The average Bonchev–Trinajstić information content (AvgIpc) is 3.25. The fourth-order valence-corrected chi connectivity index (χ4v) is 5.06. The molecule has 0 saturated carbocycles. The molecule has 0 spiro atoms. The molecule has 27 heavy (non-hydrogen) atoms. The van der Waals surface area contributed by atoms with E-state index >= 15 is 0 Å². The fraction of sp³-hybridized carbons (Fsp3) is 0.238. The SMILES string of the molecule is CN(CC(=O)NCCc1nc2ccccc2s1)Cc1csc2ccccc12. The average molecular weight is 396 g/mol. The molecular weight excluding hydrogens is 374 g/mol. The number of nitrogens with one attached hydrogen (secondary N) is 1. The Morgan fingerprint density at radius 1 is 1.11 bits per heavy atom. The van der Waals surface area contributed by atoms with Gasteiger partial charge in [-0.2, -0.15) is 0 Å². The third-order valence-electron chi connectivity index (χ3n) is 4.41. The van der Waals surface area contributed by atoms with Gasteiger partial charge in [0.1, 0.15) is 0 Å². The predicted molar refractivity (Wildman–Crippen MR) is 114 cm³/mol. The number of thiophene rings is 1. The van der Waals surface area contributed by atoms with Crippen molar-refractivity contribution in [3.8, 4) is 0 Å². The first-order chi connectivity index (χ1) is 13.2. The summed E-state index contributed by atoms with van der Waals surface area (Å²) in [5, 5.41) is 7.55. The van der Waals surface area contributed by atoms with Crippen molar-refractivity contribution < 1.29 is 4.79 Å². The number of likely N-dealkylation sites (N-methyl/N-ethyl adjacent to an activating group) is 1. The van der Waals surface area contributed by atoms with Crippen LogP contribution in [0.4, 0.5) is 0 Å². The molecule has 0 aliphatic heterocycles. The largest absolute Gasteiger partial charge is 0.355 e. The summed E-state index contributed by atoms with van der Waals surface area (Å²) in [7, 11) is 1.99. The third-order valence-corrected chi connectivity index (χ3v) is 6.52. The van der Waals surface area contributed by atoms with Crippen LogP contribution in [-0.4, -0.2) is 35.9 Å². The van der Waals surface area contributed by atoms with Crippen LogP contribution in [0.1, 0.15) is 10.6 Å². The van der Waals surface area contributed by atoms with Gasteiger partial charge >= 0.3 is 0 Å². The second-order valence-corrected chi connectivity index (χ2v) is 8.63. The number of hydrogen-bond donors (Lipinski definition) is 1. The number of thiazole rings is 1. The minimum atomic E-state index is 0.0538. The van der Waals surface area contributed by atoms with Gasteiger partial charge in [0.05, 0.1) is 21.8 Å². The maximum absolute atomic E-state index is 12.2. The highest BCUT2D eigenvalue weighted by molar-refractivity contribution is 7.18. The lowest BCUT2D eigenvalue weighted by Gasteiger charge is -2.15. The van der Waals surface area contributed by atoms with E-state index in [2.05, 4.69) is 50.9 Å². The third kappa shape index (κ3) is 4.35. The Morgan fingerprint density at radius 2 is 1.89 bits per heavy atom. The van der Waals surface area contributed by atoms with E-state index in [1.54, 1.807) is 22.7 Å². The van der Waals surface area contributed by atoms with E-state index in [1.165, 1.54) is 20.3 Å². The number of rotatable bonds is 7. The summed E-state index contributed by atoms with van der Waals surface area (Å²) in [4.78, 5) is 18.9. The molecule has 1 N–H and O–H groups in total. The van der Waals surface area contributed by atoms with Crippen LogP contribution in [0.3, 0.4) is 0 Å². The second kappa shape index (κ2) is 8.17. The van der Waals surface area contributed by atoms with Gasteiger partial charge in [0.2, 0.25) is 5.91 Å². The lowest BCUT2D eigenvalue weighted by atomic mass is 10.2. The molecule has 4 rings (SSSR count). The minimum absolute atomic E-state index is 0.0538. The first-order valence-electron chi connectivity index (χ1n) is 8.94. The number of aromatic nitrogens is 1. The van der Waals surface area contributed by atoms with Crippen LogP contribution in [-0.2, 0) is 17.8 Å². The van der Waals surface area contributed by atoms with Crippen molar-refractivity contribution in [3.63, 3.8) is 0 Å². The predicted octanol–water partition coefficient (Wildman–Crippen LogP) is 4.30. The number of para-hydroxylation sites is 1. The van der Waals surface area contributed by atoms with Crippen molar-refractivity contribution in [3.05, 3.63) is 64.5 Å². The molecule has 0 unspecified atom stereocenters. The van der Waals surface area contributed by atoms with E-state index in [0.717, 1.165) is 23.5 Å². The molecule has 4 aromatic rings. The summed E-state index contributed by atoms with van der Waals surface area (Å²) >= 11 is 3.45. The van der Waals surface area contributed by atoms with Gasteiger partial charge in [-0.3, -0.25) is 9.69 Å². The van der Waals surface area contributed by atoms with Crippen molar-refractivity contribution in [2.24, 2.45) is 0 Å². The topological polar surface area (TPSA) is 45.2 Å². The zero-order chi connectivity index (χ0) is 18.6. The Kier molecular flexibility index (Phi) is 5.48. The van der Waals surface area contributed by atoms with E-state index in [0.29, 0.717) is 13.1 Å². The molecule has 0 fully saturated rings. The highest BCUT2D eigenvalue weighted by Crippen LogP contribution is 2.26. The van der Waals surface area contributed by atoms with Gasteiger partial charge in [0.25, 0.3) is 0 Å². The van der Waals surface area contributed by atoms with Gasteiger partial charge in [-0.25, -0.2) is 4.98 Å². The van der Waals surface area contributed by atoms with Gasteiger partial charge in [0, 0.05) is 24.2 Å². The summed E-state index contributed by atoms with van der Waals surface area (Å²) in [5.74, 6) is 0.0538. The lowest BCUT2D eigenvalue weighted by Crippen LogP contribution is -2.35. The maximum Gasteiger partial charge on any atom is 0.234 e. The van der Waals surface area contributed by atoms with Crippen LogP contribution < -0.4 is 5.32 Å². The second-order valence-electron chi connectivity index (χ2n) is 6.60.